The monoisotopic (exact) mass is 301 g/mol. The highest BCUT2D eigenvalue weighted by molar-refractivity contribution is 5.97. The van der Waals surface area contributed by atoms with Crippen LogP contribution in [0.25, 0.3) is 11.3 Å². The number of carbonyl (C=O) groups excluding carboxylic acids is 1. The highest BCUT2D eigenvalue weighted by Crippen LogP contribution is 2.33. The molecule has 2 aromatic heterocycles. The first-order chi connectivity index (χ1) is 10.2. The zero-order valence-electron chi connectivity index (χ0n) is 12.0. The Balaban J connectivity index is 2.63. The minimum absolute atomic E-state index is 0.0123. The summed E-state index contributed by atoms with van der Waals surface area (Å²) in [7, 11) is 1.12. The third kappa shape index (κ3) is 3.33. The minimum Gasteiger partial charge on any atom is -0.465 e. The molecule has 0 aromatic carbocycles. The second-order valence-corrected chi connectivity index (χ2v) is 4.02. The molecule has 0 unspecified atom stereocenters. The normalized spacial score (nSPS) is 12.0. The standard InChI is InChI=1S/C13H11F3N2O3/c1-7-6-9(12(19)20-2)10(18-7)8-4-3-5-17-11(8)21-13(14,15)16/h3-6,18H,1-2H3/i6D. The third-order valence-corrected chi connectivity index (χ3v) is 2.52. The molecule has 0 aliphatic rings. The molecule has 21 heavy (non-hydrogen) atoms. The van der Waals surface area contributed by atoms with Crippen LogP contribution < -0.4 is 4.74 Å². The SMILES string of the molecule is [2H]c1c(C)[nH]c(-c2cccnc2OC(F)(F)F)c1C(=O)OC. The van der Waals surface area contributed by atoms with Crippen LogP contribution in [0.5, 0.6) is 5.88 Å². The summed E-state index contributed by atoms with van der Waals surface area (Å²) in [6.45, 7) is 1.51. The number of carbonyl (C=O) groups is 1. The molecule has 0 atom stereocenters. The van der Waals surface area contributed by atoms with Gasteiger partial charge in [-0.15, -0.1) is 13.2 Å². The van der Waals surface area contributed by atoms with E-state index in [0.717, 1.165) is 13.3 Å². The number of ether oxygens (including phenoxy) is 2. The Morgan fingerprint density at radius 3 is 2.81 bits per heavy atom. The lowest BCUT2D eigenvalue weighted by Crippen LogP contribution is -2.18. The molecule has 5 nitrogen and oxygen atoms in total. The van der Waals surface area contributed by atoms with Gasteiger partial charge in [0.05, 0.1) is 25.3 Å². The van der Waals surface area contributed by atoms with Crippen molar-refractivity contribution in [2.45, 2.75) is 13.3 Å². The number of halogens is 3. The number of aromatic nitrogens is 2. The van der Waals surface area contributed by atoms with Crippen LogP contribution in [0.4, 0.5) is 13.2 Å². The van der Waals surface area contributed by atoms with Gasteiger partial charge in [-0.2, -0.15) is 0 Å². The second kappa shape index (κ2) is 5.47. The maximum absolute atomic E-state index is 12.4. The van der Waals surface area contributed by atoms with Gasteiger partial charge in [-0.25, -0.2) is 9.78 Å². The fraction of sp³-hybridized carbons (Fsp3) is 0.231. The summed E-state index contributed by atoms with van der Waals surface area (Å²) in [6.07, 6.45) is -3.81. The molecule has 1 N–H and O–H groups in total. The topological polar surface area (TPSA) is 64.2 Å². The lowest BCUT2D eigenvalue weighted by atomic mass is 10.1. The van der Waals surface area contributed by atoms with E-state index in [4.69, 9.17) is 1.37 Å². The van der Waals surface area contributed by atoms with E-state index >= 15 is 0 Å². The van der Waals surface area contributed by atoms with Gasteiger partial charge in [0.25, 0.3) is 0 Å². The Bertz CT molecular complexity index is 713. The van der Waals surface area contributed by atoms with Gasteiger partial charge in [-0.1, -0.05) is 0 Å². The van der Waals surface area contributed by atoms with Gasteiger partial charge in [0.1, 0.15) is 0 Å². The van der Waals surface area contributed by atoms with E-state index in [9.17, 15) is 18.0 Å². The molecule has 2 aromatic rings. The van der Waals surface area contributed by atoms with Crippen molar-refractivity contribution in [2.24, 2.45) is 0 Å². The highest BCUT2D eigenvalue weighted by atomic mass is 19.4. The van der Waals surface area contributed by atoms with Crippen LogP contribution in [0.15, 0.2) is 24.4 Å². The predicted molar refractivity (Wildman–Crippen MR) is 66.8 cm³/mol. The number of hydrogen-bond donors (Lipinski definition) is 1. The average Bonchev–Trinajstić information content (AvgIpc) is 2.73. The zero-order chi connectivity index (χ0) is 16.5. The van der Waals surface area contributed by atoms with Gasteiger partial charge in [-0.3, -0.25) is 0 Å². The van der Waals surface area contributed by atoms with E-state index < -0.39 is 18.2 Å². The molecule has 0 bridgehead atoms. The lowest BCUT2D eigenvalue weighted by molar-refractivity contribution is -0.275. The first-order valence-electron chi connectivity index (χ1n) is 6.23. The number of nitrogens with one attached hydrogen (secondary N) is 1. The van der Waals surface area contributed by atoms with Crippen LogP contribution in [0.1, 0.15) is 17.4 Å². The number of rotatable bonds is 3. The number of pyridine rings is 1. The first-order valence-corrected chi connectivity index (χ1v) is 5.73. The number of hydrogen-bond acceptors (Lipinski definition) is 4. The van der Waals surface area contributed by atoms with Gasteiger partial charge in [0, 0.05) is 11.9 Å². The van der Waals surface area contributed by atoms with Crippen molar-refractivity contribution in [2.75, 3.05) is 7.11 Å². The first kappa shape index (κ1) is 13.5. The number of esters is 1. The van der Waals surface area contributed by atoms with E-state index in [1.54, 1.807) is 0 Å². The molecule has 2 rings (SSSR count). The predicted octanol–water partition coefficient (Wildman–Crippen LogP) is 3.07. The fourth-order valence-electron chi connectivity index (χ4n) is 1.76. The molecule has 0 spiro atoms. The van der Waals surface area contributed by atoms with Crippen molar-refractivity contribution >= 4 is 5.97 Å². The van der Waals surface area contributed by atoms with Gasteiger partial charge in [0.2, 0.25) is 5.88 Å². The smallest absolute Gasteiger partial charge is 0.465 e. The summed E-state index contributed by atoms with van der Waals surface area (Å²) in [6, 6.07) is 2.52. The fourth-order valence-corrected chi connectivity index (χ4v) is 1.76. The van der Waals surface area contributed by atoms with Gasteiger partial charge in [-0.05, 0) is 25.1 Å². The van der Waals surface area contributed by atoms with Crippen molar-refractivity contribution in [1.82, 2.24) is 9.97 Å². The van der Waals surface area contributed by atoms with E-state index in [-0.39, 0.29) is 22.9 Å². The summed E-state index contributed by atoms with van der Waals surface area (Å²) in [4.78, 5) is 18.0. The molecule has 2 heterocycles. The van der Waals surface area contributed by atoms with Crippen molar-refractivity contribution in [3.8, 4) is 17.1 Å². The van der Waals surface area contributed by atoms with Gasteiger partial charge in [0.15, 0.2) is 0 Å². The maximum atomic E-state index is 12.4. The minimum atomic E-state index is -4.93. The maximum Gasteiger partial charge on any atom is 0.574 e. The Labute approximate surface area is 119 Å². The van der Waals surface area contributed by atoms with Crippen molar-refractivity contribution < 1.29 is 28.8 Å². The molecule has 8 heteroatoms. The van der Waals surface area contributed by atoms with E-state index in [1.807, 2.05) is 0 Å². The van der Waals surface area contributed by atoms with Crippen LogP contribution in [0, 0.1) is 6.92 Å². The quantitative estimate of drug-likeness (QED) is 0.885. The highest BCUT2D eigenvalue weighted by Gasteiger charge is 2.33. The number of nitrogens with zero attached hydrogens (tertiary/aromatic N) is 1. The van der Waals surface area contributed by atoms with Crippen molar-refractivity contribution in [3.05, 3.63) is 35.6 Å². The van der Waals surface area contributed by atoms with Crippen LogP contribution in [-0.2, 0) is 4.74 Å². The van der Waals surface area contributed by atoms with Crippen LogP contribution in [0.3, 0.4) is 0 Å². The van der Waals surface area contributed by atoms with Crippen LogP contribution in [0.2, 0.25) is 0 Å². The van der Waals surface area contributed by atoms with Gasteiger partial charge < -0.3 is 14.5 Å². The molecule has 0 aliphatic heterocycles. The van der Waals surface area contributed by atoms with Crippen molar-refractivity contribution in [1.29, 1.82) is 0 Å². The van der Waals surface area contributed by atoms with Gasteiger partial charge >= 0.3 is 12.3 Å². The van der Waals surface area contributed by atoms with E-state index in [2.05, 4.69) is 19.4 Å². The number of methoxy groups -OCH3 is 1. The molecular weight excluding hydrogens is 289 g/mol. The summed E-state index contributed by atoms with van der Waals surface area (Å²) >= 11 is 0. The second-order valence-electron chi connectivity index (χ2n) is 4.02. The molecule has 0 radical (unpaired) electrons. The number of H-pyrrole nitrogens is 1. The molecule has 112 valence electrons. The Hall–Kier alpha value is -2.51. The summed E-state index contributed by atoms with van der Waals surface area (Å²) in [5.74, 6) is -1.56. The molecule has 0 saturated heterocycles. The van der Waals surface area contributed by atoms with E-state index in [0.29, 0.717) is 5.69 Å². The summed E-state index contributed by atoms with van der Waals surface area (Å²) in [5.41, 5.74) is 0.0146. The largest absolute Gasteiger partial charge is 0.574 e. The third-order valence-electron chi connectivity index (χ3n) is 2.52. The molecule has 0 amide bonds. The number of aryl methyl sites for hydroxylation is 1. The Kier molecular flexibility index (Phi) is 3.51. The van der Waals surface area contributed by atoms with Crippen LogP contribution in [-0.4, -0.2) is 29.4 Å². The molecule has 0 saturated carbocycles. The lowest BCUT2D eigenvalue weighted by Gasteiger charge is -2.11. The summed E-state index contributed by atoms with van der Waals surface area (Å²) < 4.78 is 53.6. The summed E-state index contributed by atoms with van der Waals surface area (Å²) in [5, 5.41) is 0. The Morgan fingerprint density at radius 2 is 2.19 bits per heavy atom. The average molecular weight is 301 g/mol. The molecule has 0 fully saturated rings. The zero-order valence-corrected chi connectivity index (χ0v) is 11.0. The van der Waals surface area contributed by atoms with E-state index in [1.165, 1.54) is 19.1 Å². The number of aromatic amines is 1. The Morgan fingerprint density at radius 1 is 1.48 bits per heavy atom. The molecule has 0 aliphatic carbocycles. The van der Waals surface area contributed by atoms with Crippen LogP contribution >= 0.6 is 0 Å². The number of alkyl halides is 3. The molecular formula is C13H11F3N2O3. The van der Waals surface area contributed by atoms with Crippen molar-refractivity contribution in [3.63, 3.8) is 0 Å².